The van der Waals surface area contributed by atoms with Gasteiger partial charge in [-0.05, 0) is 47.9 Å². The fourth-order valence-electron chi connectivity index (χ4n) is 4.46. The zero-order chi connectivity index (χ0) is 24.2. The van der Waals surface area contributed by atoms with Gasteiger partial charge in [0.2, 0.25) is 0 Å². The van der Waals surface area contributed by atoms with Crippen molar-refractivity contribution in [3.8, 4) is 11.5 Å². The van der Waals surface area contributed by atoms with E-state index in [1.165, 1.54) is 51.4 Å². The molecular formula is C30H40F2O2. The molecule has 186 valence electrons. The van der Waals surface area contributed by atoms with Crippen LogP contribution < -0.4 is 9.47 Å². The summed E-state index contributed by atoms with van der Waals surface area (Å²) in [5, 5.41) is 2.27. The van der Waals surface area contributed by atoms with Crippen LogP contribution in [0.5, 0.6) is 11.5 Å². The van der Waals surface area contributed by atoms with Crippen molar-refractivity contribution in [2.45, 2.75) is 90.9 Å². The molecule has 0 spiro atoms. The third kappa shape index (κ3) is 7.07. The van der Waals surface area contributed by atoms with Crippen LogP contribution in [0.15, 0.2) is 36.4 Å². The zero-order valence-electron chi connectivity index (χ0n) is 20.9. The van der Waals surface area contributed by atoms with E-state index in [0.717, 1.165) is 25.7 Å². The summed E-state index contributed by atoms with van der Waals surface area (Å²) in [4.78, 5) is 0. The van der Waals surface area contributed by atoms with Gasteiger partial charge in [0.25, 0.3) is 0 Å². The Bertz CT molecular complexity index is 1030. The number of hydrogen-bond acceptors (Lipinski definition) is 2. The number of rotatable bonds is 16. The van der Waals surface area contributed by atoms with Crippen molar-refractivity contribution in [2.24, 2.45) is 0 Å². The van der Waals surface area contributed by atoms with Gasteiger partial charge in [0.05, 0.1) is 13.2 Å². The van der Waals surface area contributed by atoms with E-state index >= 15 is 8.78 Å². The summed E-state index contributed by atoms with van der Waals surface area (Å²) >= 11 is 0. The van der Waals surface area contributed by atoms with Crippen molar-refractivity contribution >= 4 is 21.5 Å². The second kappa shape index (κ2) is 14.1. The van der Waals surface area contributed by atoms with Gasteiger partial charge >= 0.3 is 0 Å². The molecule has 0 heterocycles. The third-order valence-electron chi connectivity index (χ3n) is 6.51. The van der Waals surface area contributed by atoms with Gasteiger partial charge in [-0.25, -0.2) is 8.78 Å². The van der Waals surface area contributed by atoms with Crippen LogP contribution in [0.4, 0.5) is 8.78 Å². The van der Waals surface area contributed by atoms with E-state index in [1.807, 2.05) is 12.1 Å². The van der Waals surface area contributed by atoms with E-state index in [2.05, 4.69) is 13.8 Å². The molecule has 0 saturated heterocycles. The Labute approximate surface area is 203 Å². The molecule has 3 aromatic carbocycles. The highest BCUT2D eigenvalue weighted by atomic mass is 19.1. The molecule has 0 aromatic heterocycles. The minimum Gasteiger partial charge on any atom is -0.490 e. The number of hydrogen-bond donors (Lipinski definition) is 0. The maximum atomic E-state index is 15.1. The predicted octanol–water partition coefficient (Wildman–Crippen LogP) is 9.75. The predicted molar refractivity (Wildman–Crippen MR) is 139 cm³/mol. The molecule has 2 nitrogen and oxygen atoms in total. The topological polar surface area (TPSA) is 18.5 Å². The molecule has 0 saturated carbocycles. The summed E-state index contributed by atoms with van der Waals surface area (Å²) in [5.74, 6) is -0.235. The molecule has 0 N–H and O–H groups in total. The quantitative estimate of drug-likeness (QED) is 0.153. The highest BCUT2D eigenvalue weighted by molar-refractivity contribution is 6.08. The Morgan fingerprint density at radius 3 is 1.24 bits per heavy atom. The van der Waals surface area contributed by atoms with Gasteiger partial charge in [-0.1, -0.05) is 90.2 Å². The van der Waals surface area contributed by atoms with Crippen LogP contribution >= 0.6 is 0 Å². The Morgan fingerprint density at radius 1 is 0.471 bits per heavy atom. The number of unbranched alkanes of at least 4 members (excludes halogenated alkanes) is 10. The molecule has 0 aliphatic carbocycles. The highest BCUT2D eigenvalue weighted by Crippen LogP contribution is 2.35. The first-order chi connectivity index (χ1) is 16.7. The fraction of sp³-hybridized carbons (Fsp3) is 0.533. The van der Waals surface area contributed by atoms with E-state index in [-0.39, 0.29) is 23.1 Å². The van der Waals surface area contributed by atoms with Crippen molar-refractivity contribution in [1.29, 1.82) is 0 Å². The second-order valence-electron chi connectivity index (χ2n) is 9.24. The van der Waals surface area contributed by atoms with Crippen molar-refractivity contribution in [1.82, 2.24) is 0 Å². The summed E-state index contributed by atoms with van der Waals surface area (Å²) < 4.78 is 41.7. The first kappa shape index (κ1) is 26.2. The van der Waals surface area contributed by atoms with Crippen molar-refractivity contribution in [3.05, 3.63) is 48.0 Å². The maximum Gasteiger partial charge on any atom is 0.172 e. The number of fused-ring (bicyclic) bond motifs is 3. The average Bonchev–Trinajstić information content (AvgIpc) is 2.85. The minimum atomic E-state index is -0.382. The van der Waals surface area contributed by atoms with Crippen molar-refractivity contribution in [2.75, 3.05) is 13.2 Å². The summed E-state index contributed by atoms with van der Waals surface area (Å²) in [6.07, 6.45) is 13.9. The Hall–Kier alpha value is -2.36. The van der Waals surface area contributed by atoms with Crippen LogP contribution in [-0.4, -0.2) is 13.2 Å². The first-order valence-corrected chi connectivity index (χ1v) is 13.3. The lowest BCUT2D eigenvalue weighted by atomic mass is 10.0. The van der Waals surface area contributed by atoms with Gasteiger partial charge < -0.3 is 9.47 Å². The molecular weight excluding hydrogens is 430 g/mol. The van der Waals surface area contributed by atoms with Crippen molar-refractivity contribution in [3.63, 3.8) is 0 Å². The summed E-state index contributed by atoms with van der Waals surface area (Å²) in [5.41, 5.74) is 0. The average molecular weight is 471 g/mol. The Balaban J connectivity index is 1.62. The van der Waals surface area contributed by atoms with Crippen LogP contribution in [0.2, 0.25) is 0 Å². The van der Waals surface area contributed by atoms with Crippen LogP contribution in [0.3, 0.4) is 0 Å². The molecule has 0 radical (unpaired) electrons. The van der Waals surface area contributed by atoms with E-state index < -0.39 is 0 Å². The maximum absolute atomic E-state index is 15.1. The SMILES string of the molecule is CCCCCCCCCOc1ccc2c(ccc3c(F)c(OCCCCCCC)ccc32)c1F. The molecule has 0 aliphatic heterocycles. The van der Waals surface area contributed by atoms with Gasteiger partial charge in [-0.15, -0.1) is 0 Å². The molecule has 0 atom stereocenters. The second-order valence-corrected chi connectivity index (χ2v) is 9.24. The fourth-order valence-corrected chi connectivity index (χ4v) is 4.46. The van der Waals surface area contributed by atoms with Gasteiger partial charge in [-0.3, -0.25) is 0 Å². The number of ether oxygens (including phenoxy) is 2. The van der Waals surface area contributed by atoms with E-state index in [4.69, 9.17) is 9.47 Å². The number of halogens is 2. The molecule has 0 bridgehead atoms. The summed E-state index contributed by atoms with van der Waals surface area (Å²) in [6.45, 7) is 5.42. The molecule has 3 rings (SSSR count). The molecule has 0 fully saturated rings. The molecule has 0 aliphatic rings. The summed E-state index contributed by atoms with van der Waals surface area (Å²) in [6, 6.07) is 10.3. The molecule has 3 aromatic rings. The standard InChI is InChI=1S/C30H40F2O2/c1-3-5-7-9-10-12-14-22-34-28-20-18-24-23-17-19-27(33-21-13-11-8-6-4-2)29(31)25(23)15-16-26(24)30(28)32/h15-20H,3-14,21-22H2,1-2H3. The molecule has 4 heteroatoms. The van der Waals surface area contributed by atoms with Crippen LogP contribution in [0.1, 0.15) is 90.9 Å². The van der Waals surface area contributed by atoms with E-state index in [0.29, 0.717) is 34.8 Å². The molecule has 0 amide bonds. The summed E-state index contributed by atoms with van der Waals surface area (Å²) in [7, 11) is 0. The zero-order valence-corrected chi connectivity index (χ0v) is 20.9. The molecule has 34 heavy (non-hydrogen) atoms. The van der Waals surface area contributed by atoms with Crippen LogP contribution in [0.25, 0.3) is 21.5 Å². The number of benzene rings is 3. The lowest BCUT2D eigenvalue weighted by Gasteiger charge is -2.13. The van der Waals surface area contributed by atoms with Gasteiger partial charge in [0.1, 0.15) is 0 Å². The van der Waals surface area contributed by atoms with Gasteiger partial charge in [0.15, 0.2) is 23.1 Å². The van der Waals surface area contributed by atoms with E-state index in [1.54, 1.807) is 24.3 Å². The van der Waals surface area contributed by atoms with Crippen LogP contribution in [0, 0.1) is 11.6 Å². The van der Waals surface area contributed by atoms with Crippen molar-refractivity contribution < 1.29 is 18.3 Å². The minimum absolute atomic E-state index is 0.262. The third-order valence-corrected chi connectivity index (χ3v) is 6.51. The monoisotopic (exact) mass is 470 g/mol. The van der Waals surface area contributed by atoms with Gasteiger partial charge in [-0.2, -0.15) is 0 Å². The normalized spacial score (nSPS) is 11.4. The molecule has 0 unspecified atom stereocenters. The smallest absolute Gasteiger partial charge is 0.172 e. The Kier molecular flexibility index (Phi) is 10.9. The van der Waals surface area contributed by atoms with E-state index in [9.17, 15) is 0 Å². The van der Waals surface area contributed by atoms with Gasteiger partial charge in [0, 0.05) is 10.8 Å². The lowest BCUT2D eigenvalue weighted by Crippen LogP contribution is -2.01. The first-order valence-electron chi connectivity index (χ1n) is 13.3. The Morgan fingerprint density at radius 2 is 0.824 bits per heavy atom. The highest BCUT2D eigenvalue weighted by Gasteiger charge is 2.15. The largest absolute Gasteiger partial charge is 0.490 e. The lowest BCUT2D eigenvalue weighted by molar-refractivity contribution is 0.291. The van der Waals surface area contributed by atoms with Crippen LogP contribution in [-0.2, 0) is 0 Å².